The molecule has 0 aliphatic carbocycles. The Kier molecular flexibility index (Phi) is 9.07. The SMILES string of the molecule is COc1cc2cc(c1OC)CCCNC(=O)C[C@@H]1CC[C@H](CNC(=O)CC2)N1C(=O)C1CCOCC1. The summed E-state index contributed by atoms with van der Waals surface area (Å²) >= 11 is 0. The first-order valence-electron chi connectivity index (χ1n) is 13.2. The van der Waals surface area contributed by atoms with Crippen LogP contribution in [0.3, 0.4) is 0 Å². The normalized spacial score (nSPS) is 24.4. The minimum atomic E-state index is -0.141. The van der Waals surface area contributed by atoms with Crippen LogP contribution in [0, 0.1) is 5.92 Å². The fraction of sp³-hybridized carbons (Fsp3) is 0.667. The molecule has 0 unspecified atom stereocenters. The van der Waals surface area contributed by atoms with Crippen LogP contribution < -0.4 is 20.1 Å². The van der Waals surface area contributed by atoms with Crippen molar-refractivity contribution >= 4 is 17.7 Å². The Hall–Kier alpha value is -2.81. The third-order valence-electron chi connectivity index (χ3n) is 7.60. The molecule has 3 heterocycles. The number of benzene rings is 1. The lowest BCUT2D eigenvalue weighted by Gasteiger charge is -2.34. The molecule has 0 spiro atoms. The number of amides is 3. The molecule has 2 atom stereocenters. The summed E-state index contributed by atoms with van der Waals surface area (Å²) < 4.78 is 16.6. The van der Waals surface area contributed by atoms with E-state index in [-0.39, 0.29) is 42.1 Å². The molecule has 2 N–H and O–H groups in total. The van der Waals surface area contributed by atoms with Crippen molar-refractivity contribution in [2.45, 2.75) is 69.9 Å². The second-order valence-electron chi connectivity index (χ2n) is 9.97. The zero-order valence-corrected chi connectivity index (χ0v) is 21.5. The van der Waals surface area contributed by atoms with Crippen molar-refractivity contribution < 1.29 is 28.6 Å². The second kappa shape index (κ2) is 12.4. The van der Waals surface area contributed by atoms with Gasteiger partial charge in [0.1, 0.15) is 0 Å². The van der Waals surface area contributed by atoms with Crippen LogP contribution in [-0.2, 0) is 32.0 Å². The van der Waals surface area contributed by atoms with E-state index in [1.54, 1.807) is 14.2 Å². The van der Waals surface area contributed by atoms with Gasteiger partial charge in [0.2, 0.25) is 17.7 Å². The Bertz CT molecular complexity index is 946. The largest absolute Gasteiger partial charge is 0.493 e. The van der Waals surface area contributed by atoms with Gasteiger partial charge in [-0.25, -0.2) is 0 Å². The van der Waals surface area contributed by atoms with Gasteiger partial charge in [-0.15, -0.1) is 0 Å². The number of carbonyl (C=O) groups excluding carboxylic acids is 3. The molecule has 2 fully saturated rings. The molecule has 2 saturated heterocycles. The molecule has 9 heteroatoms. The molecular weight excluding hydrogens is 462 g/mol. The quantitative estimate of drug-likeness (QED) is 0.656. The van der Waals surface area contributed by atoms with E-state index in [0.29, 0.717) is 69.9 Å². The lowest BCUT2D eigenvalue weighted by atomic mass is 9.97. The highest BCUT2D eigenvalue weighted by atomic mass is 16.5. The van der Waals surface area contributed by atoms with Crippen LogP contribution in [0.5, 0.6) is 11.5 Å². The first-order chi connectivity index (χ1) is 17.5. The minimum absolute atomic E-state index is 0.0444. The molecule has 1 aromatic rings. The fourth-order valence-electron chi connectivity index (χ4n) is 5.68. The average molecular weight is 502 g/mol. The van der Waals surface area contributed by atoms with E-state index in [0.717, 1.165) is 30.4 Å². The second-order valence-corrected chi connectivity index (χ2v) is 9.97. The van der Waals surface area contributed by atoms with Gasteiger partial charge in [-0.3, -0.25) is 14.4 Å². The van der Waals surface area contributed by atoms with Crippen molar-refractivity contribution in [1.82, 2.24) is 15.5 Å². The van der Waals surface area contributed by atoms with Crippen molar-refractivity contribution in [3.63, 3.8) is 0 Å². The molecular formula is C27H39N3O6. The van der Waals surface area contributed by atoms with Gasteiger partial charge >= 0.3 is 0 Å². The number of aryl methyl sites for hydroxylation is 2. The number of ether oxygens (including phenoxy) is 3. The first-order valence-corrected chi connectivity index (χ1v) is 13.2. The van der Waals surface area contributed by atoms with Crippen LogP contribution in [0.1, 0.15) is 56.1 Å². The molecule has 0 aromatic heterocycles. The molecule has 4 rings (SSSR count). The van der Waals surface area contributed by atoms with Crippen molar-refractivity contribution in [2.24, 2.45) is 5.92 Å². The molecule has 4 bridgehead atoms. The molecule has 3 amide bonds. The summed E-state index contributed by atoms with van der Waals surface area (Å²) in [6, 6.07) is 3.74. The summed E-state index contributed by atoms with van der Waals surface area (Å²) in [6.45, 7) is 2.13. The topological polar surface area (TPSA) is 106 Å². The number of nitrogens with one attached hydrogen (secondary N) is 2. The first kappa shape index (κ1) is 26.3. The van der Waals surface area contributed by atoms with E-state index in [2.05, 4.69) is 16.7 Å². The minimum Gasteiger partial charge on any atom is -0.493 e. The fourth-order valence-corrected chi connectivity index (χ4v) is 5.68. The number of rotatable bonds is 3. The summed E-state index contributed by atoms with van der Waals surface area (Å²) in [5, 5.41) is 6.09. The smallest absolute Gasteiger partial charge is 0.226 e. The predicted octanol–water partition coefficient (Wildman–Crippen LogP) is 1.99. The number of carbonyl (C=O) groups is 3. The van der Waals surface area contributed by atoms with Gasteiger partial charge in [-0.05, 0) is 62.1 Å². The Morgan fingerprint density at radius 1 is 0.944 bits per heavy atom. The van der Waals surface area contributed by atoms with E-state index >= 15 is 0 Å². The van der Waals surface area contributed by atoms with Gasteiger partial charge in [0.05, 0.1) is 14.2 Å². The molecule has 9 nitrogen and oxygen atoms in total. The molecule has 36 heavy (non-hydrogen) atoms. The lowest BCUT2D eigenvalue weighted by molar-refractivity contribution is -0.142. The van der Waals surface area contributed by atoms with E-state index < -0.39 is 0 Å². The van der Waals surface area contributed by atoms with Crippen LogP contribution in [0.15, 0.2) is 12.1 Å². The maximum Gasteiger partial charge on any atom is 0.226 e. The maximum absolute atomic E-state index is 13.5. The number of methoxy groups -OCH3 is 2. The van der Waals surface area contributed by atoms with Gasteiger partial charge in [0, 0.05) is 57.1 Å². The summed E-state index contributed by atoms with van der Waals surface area (Å²) in [7, 11) is 3.23. The monoisotopic (exact) mass is 501 g/mol. The van der Waals surface area contributed by atoms with Gasteiger partial charge in [0.25, 0.3) is 0 Å². The zero-order chi connectivity index (χ0) is 25.5. The molecule has 0 saturated carbocycles. The maximum atomic E-state index is 13.5. The van der Waals surface area contributed by atoms with Crippen LogP contribution in [-0.4, -0.2) is 75.2 Å². The van der Waals surface area contributed by atoms with Crippen LogP contribution in [0.4, 0.5) is 0 Å². The standard InChI is InChI=1S/C27H39N3O6/c1-34-23-15-18-5-8-24(31)29-17-22-7-6-21(30(22)27(33)19-9-12-36-13-10-19)16-25(32)28-11-3-4-20(14-18)26(23)35-2/h14-15,19,21-22H,3-13,16-17H2,1-2H3,(H,28,32)(H,29,31)/t21-,22+/m0/s1. The average Bonchev–Trinajstić information content (AvgIpc) is 3.29. The molecule has 198 valence electrons. The number of hydrogen-bond donors (Lipinski definition) is 2. The molecule has 1 aromatic carbocycles. The number of hydrogen-bond acceptors (Lipinski definition) is 6. The molecule has 0 radical (unpaired) electrons. The Labute approximate surface area is 213 Å². The summed E-state index contributed by atoms with van der Waals surface area (Å²) in [5.41, 5.74) is 2.00. The van der Waals surface area contributed by atoms with Crippen molar-refractivity contribution in [2.75, 3.05) is 40.5 Å². The van der Waals surface area contributed by atoms with Gasteiger partial charge in [-0.1, -0.05) is 6.07 Å². The highest BCUT2D eigenvalue weighted by molar-refractivity contribution is 5.82. The van der Waals surface area contributed by atoms with Crippen LogP contribution in [0.25, 0.3) is 0 Å². The summed E-state index contributed by atoms with van der Waals surface area (Å²) in [5.74, 6) is 1.26. The third-order valence-corrected chi connectivity index (χ3v) is 7.60. The van der Waals surface area contributed by atoms with Gasteiger partial charge in [-0.2, -0.15) is 0 Å². The van der Waals surface area contributed by atoms with Crippen molar-refractivity contribution in [3.05, 3.63) is 23.3 Å². The van der Waals surface area contributed by atoms with E-state index in [4.69, 9.17) is 14.2 Å². The third kappa shape index (κ3) is 6.30. The predicted molar refractivity (Wildman–Crippen MR) is 134 cm³/mol. The van der Waals surface area contributed by atoms with Crippen molar-refractivity contribution in [3.8, 4) is 11.5 Å². The molecule has 3 aliphatic heterocycles. The zero-order valence-electron chi connectivity index (χ0n) is 21.5. The van der Waals surface area contributed by atoms with Crippen LogP contribution in [0.2, 0.25) is 0 Å². The van der Waals surface area contributed by atoms with E-state index in [1.165, 1.54) is 0 Å². The molecule has 3 aliphatic rings. The van der Waals surface area contributed by atoms with E-state index in [1.807, 2.05) is 11.0 Å². The van der Waals surface area contributed by atoms with Crippen LogP contribution >= 0.6 is 0 Å². The highest BCUT2D eigenvalue weighted by Gasteiger charge is 2.40. The Balaban J connectivity index is 1.52. The Morgan fingerprint density at radius 3 is 2.47 bits per heavy atom. The van der Waals surface area contributed by atoms with E-state index in [9.17, 15) is 14.4 Å². The number of nitrogens with zero attached hydrogens (tertiary/aromatic N) is 1. The number of fused-ring (bicyclic) bond motifs is 4. The van der Waals surface area contributed by atoms with Crippen molar-refractivity contribution in [1.29, 1.82) is 0 Å². The highest BCUT2D eigenvalue weighted by Crippen LogP contribution is 2.34. The summed E-state index contributed by atoms with van der Waals surface area (Å²) in [4.78, 5) is 41.0. The van der Waals surface area contributed by atoms with Gasteiger partial charge in [0.15, 0.2) is 11.5 Å². The summed E-state index contributed by atoms with van der Waals surface area (Å²) in [6.07, 6.45) is 5.63. The van der Waals surface area contributed by atoms with Gasteiger partial charge < -0.3 is 29.7 Å². The lowest BCUT2D eigenvalue weighted by Crippen LogP contribution is -2.50. The Morgan fingerprint density at radius 2 is 1.72 bits per heavy atom.